The van der Waals surface area contributed by atoms with E-state index in [1.54, 1.807) is 24.4 Å². The van der Waals surface area contributed by atoms with E-state index in [2.05, 4.69) is 20.3 Å². The van der Waals surface area contributed by atoms with E-state index in [1.807, 2.05) is 42.2 Å². The van der Waals surface area contributed by atoms with E-state index in [0.29, 0.717) is 52.6 Å². The van der Waals surface area contributed by atoms with Crippen LogP contribution in [0.25, 0.3) is 11.0 Å². The molecule has 9 nitrogen and oxygen atoms in total. The number of nitrogens with one attached hydrogen (secondary N) is 2. The normalized spacial score (nSPS) is 20.7. The Morgan fingerprint density at radius 3 is 2.70 bits per heavy atom. The van der Waals surface area contributed by atoms with E-state index < -0.39 is 0 Å². The Morgan fingerprint density at radius 1 is 1.14 bits per heavy atom. The van der Waals surface area contributed by atoms with E-state index in [0.717, 1.165) is 6.42 Å². The molecule has 37 heavy (non-hydrogen) atoms. The van der Waals surface area contributed by atoms with Crippen LogP contribution in [-0.4, -0.2) is 62.9 Å². The number of nitrogens with zero attached hydrogens (tertiary/aromatic N) is 3. The molecule has 0 aliphatic carbocycles. The first-order chi connectivity index (χ1) is 18.0. The number of benzene rings is 2. The standard InChI is InChI=1S/C27H24ClN5O4/c1-15-24(36-15)27(35)33-10-9-16(13-33)32-26-22-20(12-29-25(22)30-14-31-26)23(34)19-8-7-18(11-21(19)28)37-17-5-3-2-4-6-17/h2-8,11-12,14-16,24H,9-10,13H2,1H3,(H2,29,30,31,32). The number of epoxide rings is 1. The van der Waals surface area contributed by atoms with Crippen LogP contribution in [0, 0.1) is 0 Å². The number of halogens is 1. The summed E-state index contributed by atoms with van der Waals surface area (Å²) in [6.07, 6.45) is 3.48. The van der Waals surface area contributed by atoms with Gasteiger partial charge in [0.2, 0.25) is 0 Å². The monoisotopic (exact) mass is 517 g/mol. The van der Waals surface area contributed by atoms with Gasteiger partial charge in [0.15, 0.2) is 11.9 Å². The summed E-state index contributed by atoms with van der Waals surface area (Å²) in [6.45, 7) is 3.08. The SMILES string of the molecule is CC1OC1C(=O)N1CCC(Nc2ncnc3[nH]cc(C(=O)c4ccc(Oc5ccccc5)cc4Cl)c23)C1. The highest BCUT2D eigenvalue weighted by atomic mass is 35.5. The van der Waals surface area contributed by atoms with Crippen LogP contribution in [0.15, 0.2) is 61.1 Å². The molecule has 3 atom stereocenters. The van der Waals surface area contributed by atoms with Crippen molar-refractivity contribution < 1.29 is 19.1 Å². The van der Waals surface area contributed by atoms with Crippen molar-refractivity contribution in [2.75, 3.05) is 18.4 Å². The number of hydrogen-bond donors (Lipinski definition) is 2. The second kappa shape index (κ2) is 9.49. The predicted octanol–water partition coefficient (Wildman–Crippen LogP) is 4.43. The fourth-order valence-electron chi connectivity index (χ4n) is 4.66. The lowest BCUT2D eigenvalue weighted by Gasteiger charge is -2.17. The minimum absolute atomic E-state index is 0.00744. The molecule has 188 valence electrons. The number of carbonyl (C=O) groups excluding carboxylic acids is 2. The van der Waals surface area contributed by atoms with Crippen molar-refractivity contribution >= 4 is 40.1 Å². The molecular weight excluding hydrogens is 494 g/mol. The van der Waals surface area contributed by atoms with Crippen molar-refractivity contribution in [3.63, 3.8) is 0 Å². The number of ether oxygens (including phenoxy) is 2. The van der Waals surface area contributed by atoms with Gasteiger partial charge in [-0.15, -0.1) is 0 Å². The Kier molecular flexibility index (Phi) is 6.02. The molecule has 6 rings (SSSR count). The highest BCUT2D eigenvalue weighted by molar-refractivity contribution is 6.35. The maximum atomic E-state index is 13.6. The first-order valence-corrected chi connectivity index (χ1v) is 12.5. The Morgan fingerprint density at radius 2 is 1.95 bits per heavy atom. The zero-order valence-corrected chi connectivity index (χ0v) is 20.7. The molecule has 3 unspecified atom stereocenters. The molecule has 0 bridgehead atoms. The quantitative estimate of drug-likeness (QED) is 0.275. The Balaban J connectivity index is 1.23. The van der Waals surface area contributed by atoms with Crippen molar-refractivity contribution in [1.82, 2.24) is 19.9 Å². The molecule has 2 aromatic carbocycles. The maximum Gasteiger partial charge on any atom is 0.254 e. The number of carbonyl (C=O) groups is 2. The number of aromatic amines is 1. The summed E-state index contributed by atoms with van der Waals surface area (Å²) in [6, 6.07) is 14.3. The van der Waals surface area contributed by atoms with E-state index >= 15 is 0 Å². The first kappa shape index (κ1) is 23.4. The second-order valence-electron chi connectivity index (χ2n) is 9.21. The maximum absolute atomic E-state index is 13.6. The van der Waals surface area contributed by atoms with E-state index in [1.165, 1.54) is 6.33 Å². The minimum Gasteiger partial charge on any atom is -0.457 e. The summed E-state index contributed by atoms with van der Waals surface area (Å²) >= 11 is 6.52. The van der Waals surface area contributed by atoms with Crippen LogP contribution in [0.2, 0.25) is 5.02 Å². The number of rotatable bonds is 7. The number of H-pyrrole nitrogens is 1. The number of fused-ring (bicyclic) bond motifs is 1. The Hall–Kier alpha value is -3.95. The molecule has 4 heterocycles. The van der Waals surface area contributed by atoms with Gasteiger partial charge in [0.1, 0.15) is 29.3 Å². The number of aromatic nitrogens is 3. The molecule has 2 aromatic heterocycles. The molecule has 2 saturated heterocycles. The van der Waals surface area contributed by atoms with E-state index in [4.69, 9.17) is 21.1 Å². The van der Waals surface area contributed by atoms with Gasteiger partial charge in [0, 0.05) is 37.0 Å². The first-order valence-electron chi connectivity index (χ1n) is 12.1. The third-order valence-electron chi connectivity index (χ3n) is 6.67. The number of ketones is 1. The molecule has 0 saturated carbocycles. The number of hydrogen-bond acceptors (Lipinski definition) is 7. The van der Waals surface area contributed by atoms with E-state index in [9.17, 15) is 9.59 Å². The van der Waals surface area contributed by atoms with Gasteiger partial charge in [-0.05, 0) is 37.6 Å². The summed E-state index contributed by atoms with van der Waals surface area (Å²) in [5, 5.41) is 4.27. The average Bonchev–Trinajstić information content (AvgIpc) is 3.27. The molecule has 2 aliphatic rings. The van der Waals surface area contributed by atoms with Crippen molar-refractivity contribution in [1.29, 1.82) is 0 Å². The minimum atomic E-state index is -0.326. The van der Waals surface area contributed by atoms with Crippen LogP contribution in [0.3, 0.4) is 0 Å². The summed E-state index contributed by atoms with van der Waals surface area (Å²) in [5.74, 6) is 1.50. The molecule has 1 amide bonds. The molecule has 2 aliphatic heterocycles. The van der Waals surface area contributed by atoms with Crippen molar-refractivity contribution in [2.24, 2.45) is 0 Å². The van der Waals surface area contributed by atoms with Crippen LogP contribution in [0.1, 0.15) is 29.3 Å². The van der Waals surface area contributed by atoms with Gasteiger partial charge in [0.25, 0.3) is 5.91 Å². The van der Waals surface area contributed by atoms with Crippen LogP contribution < -0.4 is 10.1 Å². The zero-order chi connectivity index (χ0) is 25.5. The van der Waals surface area contributed by atoms with Gasteiger partial charge in [-0.2, -0.15) is 0 Å². The summed E-state index contributed by atoms with van der Waals surface area (Å²) in [5.41, 5.74) is 1.28. The van der Waals surface area contributed by atoms with Crippen LogP contribution in [0.5, 0.6) is 11.5 Å². The van der Waals surface area contributed by atoms with E-state index in [-0.39, 0.29) is 35.0 Å². The number of anilines is 1. The topological polar surface area (TPSA) is 113 Å². The van der Waals surface area contributed by atoms with Gasteiger partial charge in [0.05, 0.1) is 22.1 Å². The van der Waals surface area contributed by atoms with Gasteiger partial charge in [-0.3, -0.25) is 9.59 Å². The Bertz CT molecular complexity index is 1490. The molecular formula is C27H24ClN5O4. The van der Waals surface area contributed by atoms with Gasteiger partial charge >= 0.3 is 0 Å². The largest absolute Gasteiger partial charge is 0.457 e. The van der Waals surface area contributed by atoms with Crippen molar-refractivity contribution in [2.45, 2.75) is 31.6 Å². The average molecular weight is 518 g/mol. The third kappa shape index (κ3) is 4.63. The highest BCUT2D eigenvalue weighted by Crippen LogP contribution is 2.32. The molecule has 0 spiro atoms. The summed E-state index contributed by atoms with van der Waals surface area (Å²) in [7, 11) is 0. The lowest BCUT2D eigenvalue weighted by Crippen LogP contribution is -2.35. The Labute approximate surface area is 217 Å². The van der Waals surface area contributed by atoms with Crippen LogP contribution in [0.4, 0.5) is 5.82 Å². The van der Waals surface area contributed by atoms with Gasteiger partial charge < -0.3 is 24.7 Å². The summed E-state index contributed by atoms with van der Waals surface area (Å²) in [4.78, 5) is 39.7. The van der Waals surface area contributed by atoms with Crippen molar-refractivity contribution in [3.8, 4) is 11.5 Å². The van der Waals surface area contributed by atoms with Crippen LogP contribution >= 0.6 is 11.6 Å². The highest BCUT2D eigenvalue weighted by Gasteiger charge is 2.45. The lowest BCUT2D eigenvalue weighted by atomic mass is 10.0. The summed E-state index contributed by atoms with van der Waals surface area (Å²) < 4.78 is 11.2. The molecule has 2 fully saturated rings. The number of para-hydroxylation sites is 1. The lowest BCUT2D eigenvalue weighted by molar-refractivity contribution is -0.131. The van der Waals surface area contributed by atoms with Gasteiger partial charge in [-0.25, -0.2) is 9.97 Å². The predicted molar refractivity (Wildman–Crippen MR) is 138 cm³/mol. The second-order valence-corrected chi connectivity index (χ2v) is 9.62. The van der Waals surface area contributed by atoms with Crippen LogP contribution in [-0.2, 0) is 9.53 Å². The fourth-order valence-corrected chi connectivity index (χ4v) is 4.92. The fraction of sp³-hybridized carbons (Fsp3) is 0.259. The molecule has 2 N–H and O–H groups in total. The molecule has 4 aromatic rings. The zero-order valence-electron chi connectivity index (χ0n) is 20.0. The van der Waals surface area contributed by atoms with Crippen molar-refractivity contribution in [3.05, 3.63) is 77.2 Å². The van der Waals surface area contributed by atoms with Gasteiger partial charge in [-0.1, -0.05) is 29.8 Å². The molecule has 0 radical (unpaired) electrons. The number of amides is 1. The third-order valence-corrected chi connectivity index (χ3v) is 6.99. The molecule has 10 heteroatoms. The number of likely N-dealkylation sites (tertiary alicyclic amines) is 1. The smallest absolute Gasteiger partial charge is 0.254 e.